The van der Waals surface area contributed by atoms with Crippen LogP contribution in [-0.2, 0) is 6.54 Å². The molecule has 2 aromatic rings. The number of likely N-dealkylation sites (tertiary alicyclic amines) is 1. The fraction of sp³-hybridized carbons (Fsp3) is 0.529. The second-order valence-electron chi connectivity index (χ2n) is 6.38. The Labute approximate surface area is 135 Å². The molecule has 1 aromatic heterocycles. The minimum atomic E-state index is 0.363. The Morgan fingerprint density at radius 2 is 1.78 bits per heavy atom. The van der Waals surface area contributed by atoms with Crippen LogP contribution in [0.3, 0.4) is 0 Å². The average Bonchev–Trinajstić information content (AvgIpc) is 3.28. The molecule has 122 valence electrons. The van der Waals surface area contributed by atoms with Crippen molar-refractivity contribution in [3.8, 4) is 11.5 Å². The summed E-state index contributed by atoms with van der Waals surface area (Å²) in [5.74, 6) is 4.25. The number of nitrogens with zero attached hydrogens (tertiary/aromatic N) is 3. The molecule has 1 aliphatic heterocycles. The second kappa shape index (κ2) is 5.85. The highest BCUT2D eigenvalue weighted by atomic mass is 16.5. The molecule has 1 saturated carbocycles. The molecule has 1 aliphatic carbocycles. The van der Waals surface area contributed by atoms with Gasteiger partial charge in [-0.25, -0.2) is 0 Å². The molecule has 6 nitrogen and oxygen atoms in total. The van der Waals surface area contributed by atoms with E-state index in [1.807, 2.05) is 18.2 Å². The highest BCUT2D eigenvalue weighted by Gasteiger charge is 2.35. The fourth-order valence-corrected chi connectivity index (χ4v) is 2.99. The lowest BCUT2D eigenvalue weighted by atomic mass is 9.99. The Balaban J connectivity index is 1.36. The lowest BCUT2D eigenvalue weighted by molar-refractivity contribution is 0.117. The number of hydrogen-bond acceptors (Lipinski definition) is 6. The Hall–Kier alpha value is -2.08. The van der Waals surface area contributed by atoms with Crippen LogP contribution in [0.15, 0.2) is 22.7 Å². The van der Waals surface area contributed by atoms with E-state index in [2.05, 4.69) is 15.0 Å². The van der Waals surface area contributed by atoms with E-state index in [0.29, 0.717) is 11.8 Å². The summed E-state index contributed by atoms with van der Waals surface area (Å²) in [7, 11) is 3.34. The van der Waals surface area contributed by atoms with Gasteiger partial charge in [-0.05, 0) is 30.5 Å². The molecule has 0 N–H and O–H groups in total. The summed E-state index contributed by atoms with van der Waals surface area (Å²) >= 11 is 0. The largest absolute Gasteiger partial charge is 0.497 e. The molecule has 0 amide bonds. The van der Waals surface area contributed by atoms with Gasteiger partial charge in [0.2, 0.25) is 5.89 Å². The minimum absolute atomic E-state index is 0.363. The molecular formula is C17H21N3O3. The number of methoxy groups -OCH3 is 2. The van der Waals surface area contributed by atoms with E-state index >= 15 is 0 Å². The molecule has 23 heavy (non-hydrogen) atoms. The zero-order valence-corrected chi connectivity index (χ0v) is 13.5. The van der Waals surface area contributed by atoms with Gasteiger partial charge >= 0.3 is 0 Å². The SMILES string of the molecule is COc1cc(CN2CC(c3nc(C4CC4)no3)C2)cc(OC)c1. The first kappa shape index (κ1) is 14.5. The summed E-state index contributed by atoms with van der Waals surface area (Å²) in [6, 6.07) is 5.99. The molecular weight excluding hydrogens is 294 g/mol. The van der Waals surface area contributed by atoms with Gasteiger partial charge in [0.1, 0.15) is 11.5 Å². The van der Waals surface area contributed by atoms with E-state index in [0.717, 1.165) is 42.8 Å². The molecule has 0 unspecified atom stereocenters. The third kappa shape index (κ3) is 3.03. The Morgan fingerprint density at radius 1 is 1.09 bits per heavy atom. The molecule has 1 aromatic carbocycles. The predicted molar refractivity (Wildman–Crippen MR) is 83.8 cm³/mol. The zero-order chi connectivity index (χ0) is 15.8. The molecule has 6 heteroatoms. The average molecular weight is 315 g/mol. The second-order valence-corrected chi connectivity index (χ2v) is 6.38. The normalized spacial score (nSPS) is 18.7. The first-order valence-electron chi connectivity index (χ1n) is 8.03. The van der Waals surface area contributed by atoms with Crippen molar-refractivity contribution < 1.29 is 14.0 Å². The van der Waals surface area contributed by atoms with Gasteiger partial charge in [-0.15, -0.1) is 0 Å². The molecule has 0 radical (unpaired) electrons. The highest BCUT2D eigenvalue weighted by Crippen LogP contribution is 2.39. The van der Waals surface area contributed by atoms with Gasteiger partial charge in [0.15, 0.2) is 5.82 Å². The predicted octanol–water partition coefficient (Wildman–Crippen LogP) is 2.56. The topological polar surface area (TPSA) is 60.6 Å². The molecule has 1 saturated heterocycles. The van der Waals surface area contributed by atoms with Crippen molar-refractivity contribution in [3.63, 3.8) is 0 Å². The van der Waals surface area contributed by atoms with E-state index < -0.39 is 0 Å². The third-order valence-electron chi connectivity index (χ3n) is 4.52. The number of ether oxygens (including phenoxy) is 2. The van der Waals surface area contributed by atoms with Crippen LogP contribution in [0, 0.1) is 0 Å². The molecule has 2 heterocycles. The number of benzene rings is 1. The van der Waals surface area contributed by atoms with E-state index in [1.165, 1.54) is 18.4 Å². The van der Waals surface area contributed by atoms with Gasteiger partial charge < -0.3 is 14.0 Å². The van der Waals surface area contributed by atoms with Crippen LogP contribution in [0.4, 0.5) is 0 Å². The van der Waals surface area contributed by atoms with Crippen LogP contribution < -0.4 is 9.47 Å². The Morgan fingerprint density at radius 3 is 2.39 bits per heavy atom. The van der Waals surface area contributed by atoms with Gasteiger partial charge in [-0.2, -0.15) is 4.98 Å². The van der Waals surface area contributed by atoms with Crippen molar-refractivity contribution in [2.75, 3.05) is 27.3 Å². The van der Waals surface area contributed by atoms with Crippen molar-refractivity contribution in [2.24, 2.45) is 0 Å². The first-order valence-corrected chi connectivity index (χ1v) is 8.03. The fourth-order valence-electron chi connectivity index (χ4n) is 2.99. The van der Waals surface area contributed by atoms with Crippen molar-refractivity contribution >= 4 is 0 Å². The summed E-state index contributed by atoms with van der Waals surface area (Å²) in [6.45, 7) is 2.77. The number of hydrogen-bond donors (Lipinski definition) is 0. The zero-order valence-electron chi connectivity index (χ0n) is 13.5. The van der Waals surface area contributed by atoms with Gasteiger partial charge in [0.25, 0.3) is 0 Å². The summed E-state index contributed by atoms with van der Waals surface area (Å²) in [4.78, 5) is 6.91. The van der Waals surface area contributed by atoms with E-state index in [1.54, 1.807) is 14.2 Å². The van der Waals surface area contributed by atoms with Gasteiger partial charge in [-0.1, -0.05) is 5.16 Å². The lowest BCUT2D eigenvalue weighted by Crippen LogP contribution is -2.44. The highest BCUT2D eigenvalue weighted by molar-refractivity contribution is 5.38. The summed E-state index contributed by atoms with van der Waals surface area (Å²) in [5.41, 5.74) is 1.18. The van der Waals surface area contributed by atoms with Crippen LogP contribution in [0.1, 0.15) is 42.0 Å². The maximum absolute atomic E-state index is 5.41. The summed E-state index contributed by atoms with van der Waals surface area (Å²) in [5, 5.41) is 4.10. The molecule has 0 spiro atoms. The maximum Gasteiger partial charge on any atom is 0.232 e. The number of aromatic nitrogens is 2. The van der Waals surface area contributed by atoms with Crippen LogP contribution in [0.5, 0.6) is 11.5 Å². The van der Waals surface area contributed by atoms with E-state index in [4.69, 9.17) is 14.0 Å². The Kier molecular flexibility index (Phi) is 3.69. The van der Waals surface area contributed by atoms with Crippen molar-refractivity contribution in [1.82, 2.24) is 15.0 Å². The van der Waals surface area contributed by atoms with Crippen LogP contribution in [0.2, 0.25) is 0 Å². The summed E-state index contributed by atoms with van der Waals surface area (Å²) < 4.78 is 16.1. The van der Waals surface area contributed by atoms with Crippen LogP contribution >= 0.6 is 0 Å². The van der Waals surface area contributed by atoms with Gasteiger partial charge in [0.05, 0.1) is 20.1 Å². The van der Waals surface area contributed by atoms with E-state index in [9.17, 15) is 0 Å². The van der Waals surface area contributed by atoms with Crippen molar-refractivity contribution in [2.45, 2.75) is 31.2 Å². The number of rotatable bonds is 6. The maximum atomic E-state index is 5.41. The summed E-state index contributed by atoms with van der Waals surface area (Å²) in [6.07, 6.45) is 2.40. The smallest absolute Gasteiger partial charge is 0.232 e. The van der Waals surface area contributed by atoms with Crippen molar-refractivity contribution in [3.05, 3.63) is 35.5 Å². The minimum Gasteiger partial charge on any atom is -0.497 e. The lowest BCUT2D eigenvalue weighted by Gasteiger charge is -2.37. The van der Waals surface area contributed by atoms with Crippen LogP contribution in [0.25, 0.3) is 0 Å². The molecule has 2 fully saturated rings. The van der Waals surface area contributed by atoms with Gasteiger partial charge in [-0.3, -0.25) is 4.90 Å². The monoisotopic (exact) mass is 315 g/mol. The third-order valence-corrected chi connectivity index (χ3v) is 4.52. The molecule has 0 atom stereocenters. The van der Waals surface area contributed by atoms with Crippen LogP contribution in [-0.4, -0.2) is 42.3 Å². The first-order chi connectivity index (χ1) is 11.2. The van der Waals surface area contributed by atoms with E-state index in [-0.39, 0.29) is 0 Å². The van der Waals surface area contributed by atoms with Gasteiger partial charge in [0, 0.05) is 31.6 Å². The molecule has 2 aliphatic rings. The Bertz CT molecular complexity index is 668. The molecule has 4 rings (SSSR count). The standard InChI is InChI=1S/C17H21N3O3/c1-21-14-5-11(6-15(7-14)22-2)8-20-9-13(10-20)17-18-16(19-23-17)12-3-4-12/h5-7,12-13H,3-4,8-10H2,1-2H3. The quantitative estimate of drug-likeness (QED) is 0.816. The van der Waals surface area contributed by atoms with Crippen molar-refractivity contribution in [1.29, 1.82) is 0 Å². The molecule has 0 bridgehead atoms.